The number of benzene rings is 1. The molecule has 3 rings (SSSR count). The van der Waals surface area contributed by atoms with Gasteiger partial charge in [-0.1, -0.05) is 18.2 Å². The van der Waals surface area contributed by atoms with Crippen molar-refractivity contribution in [2.24, 2.45) is 0 Å². The highest BCUT2D eigenvalue weighted by molar-refractivity contribution is 5.69. The number of rotatable bonds is 4. The van der Waals surface area contributed by atoms with Gasteiger partial charge in [-0.2, -0.15) is 0 Å². The fraction of sp³-hybridized carbons (Fsp3) is 0.450. The summed E-state index contributed by atoms with van der Waals surface area (Å²) in [5, 5.41) is 3.11. The van der Waals surface area contributed by atoms with Gasteiger partial charge in [-0.25, -0.2) is 9.78 Å². The van der Waals surface area contributed by atoms with Gasteiger partial charge in [0.1, 0.15) is 5.60 Å². The van der Waals surface area contributed by atoms with E-state index in [1.54, 1.807) is 21.9 Å². The second-order valence-corrected chi connectivity index (χ2v) is 7.66. The van der Waals surface area contributed by atoms with E-state index in [4.69, 9.17) is 4.74 Å². The highest BCUT2D eigenvalue weighted by Gasteiger charge is 2.27. The summed E-state index contributed by atoms with van der Waals surface area (Å²) >= 11 is 0. The van der Waals surface area contributed by atoms with E-state index in [1.165, 1.54) is 0 Å². The van der Waals surface area contributed by atoms with Crippen LogP contribution in [-0.4, -0.2) is 26.1 Å². The largest absolute Gasteiger partial charge is 0.444 e. The molecule has 144 valence electrons. The molecule has 0 bridgehead atoms. The number of aryl methyl sites for hydroxylation is 1. The van der Waals surface area contributed by atoms with E-state index in [1.807, 2.05) is 39.8 Å². The minimum atomic E-state index is -0.505. The van der Waals surface area contributed by atoms with E-state index in [9.17, 15) is 9.59 Å². The number of hydrogen-bond donors (Lipinski definition) is 1. The smallest absolute Gasteiger partial charge is 0.410 e. The molecular weight excluding hydrogens is 344 g/mol. The minimum absolute atomic E-state index is 0.128. The molecule has 7 heteroatoms. The summed E-state index contributed by atoms with van der Waals surface area (Å²) in [7, 11) is 0. The summed E-state index contributed by atoms with van der Waals surface area (Å²) < 4.78 is 7.06. The first-order valence-electron chi connectivity index (χ1n) is 9.15. The van der Waals surface area contributed by atoms with Crippen molar-refractivity contribution in [2.75, 3.05) is 5.32 Å². The van der Waals surface area contributed by atoms with E-state index >= 15 is 0 Å². The maximum Gasteiger partial charge on any atom is 0.410 e. The molecule has 2 aromatic rings. The molecular formula is C20H26N4O3. The summed E-state index contributed by atoms with van der Waals surface area (Å²) in [4.78, 5) is 30.3. The Labute approximate surface area is 159 Å². The van der Waals surface area contributed by atoms with Gasteiger partial charge in [-0.3, -0.25) is 9.69 Å². The van der Waals surface area contributed by atoms with Gasteiger partial charge in [0.15, 0.2) is 5.82 Å². The Balaban J connectivity index is 1.66. The molecule has 1 aliphatic heterocycles. The standard InChI is InChI=1S/C20H26N4O3/c1-5-23-9-8-21-17(18(23)25)22-11-14-6-7-15-12-24(13-16(15)10-14)19(26)27-20(2,3)4/h6-10H,5,11-13H2,1-4H3,(H,21,22). The Morgan fingerprint density at radius 1 is 1.26 bits per heavy atom. The monoisotopic (exact) mass is 370 g/mol. The van der Waals surface area contributed by atoms with Gasteiger partial charge in [0.2, 0.25) is 0 Å². The lowest BCUT2D eigenvalue weighted by molar-refractivity contribution is 0.0242. The Morgan fingerprint density at radius 2 is 2.00 bits per heavy atom. The number of nitrogens with zero attached hydrogens (tertiary/aromatic N) is 3. The average Bonchev–Trinajstić information content (AvgIpc) is 3.03. The molecule has 1 N–H and O–H groups in total. The molecule has 0 fully saturated rings. The molecule has 0 unspecified atom stereocenters. The number of hydrogen-bond acceptors (Lipinski definition) is 5. The Kier molecular flexibility index (Phi) is 5.21. The summed E-state index contributed by atoms with van der Waals surface area (Å²) in [5.41, 5.74) is 2.63. The number of nitrogens with one attached hydrogen (secondary N) is 1. The second kappa shape index (κ2) is 7.42. The van der Waals surface area contributed by atoms with Crippen LogP contribution in [0.5, 0.6) is 0 Å². The van der Waals surface area contributed by atoms with Gasteiger partial charge >= 0.3 is 6.09 Å². The topological polar surface area (TPSA) is 76.5 Å². The molecule has 1 aromatic carbocycles. The van der Waals surface area contributed by atoms with Crippen molar-refractivity contribution >= 4 is 11.9 Å². The molecule has 7 nitrogen and oxygen atoms in total. The summed E-state index contributed by atoms with van der Waals surface area (Å²) in [6, 6.07) is 6.10. The molecule has 0 aliphatic carbocycles. The third kappa shape index (κ3) is 4.48. The van der Waals surface area contributed by atoms with E-state index < -0.39 is 5.60 Å². The van der Waals surface area contributed by atoms with Crippen LogP contribution < -0.4 is 10.9 Å². The zero-order chi connectivity index (χ0) is 19.6. The van der Waals surface area contributed by atoms with E-state index in [0.717, 1.165) is 16.7 Å². The number of fused-ring (bicyclic) bond motifs is 1. The number of ether oxygens (including phenoxy) is 1. The second-order valence-electron chi connectivity index (χ2n) is 7.66. The lowest BCUT2D eigenvalue weighted by atomic mass is 10.1. The third-order valence-electron chi connectivity index (χ3n) is 4.36. The fourth-order valence-electron chi connectivity index (χ4n) is 3.02. The van der Waals surface area contributed by atoms with Crippen molar-refractivity contribution in [1.29, 1.82) is 0 Å². The summed E-state index contributed by atoms with van der Waals surface area (Å²) in [6.45, 7) is 9.70. The number of carbonyl (C=O) groups is 1. The third-order valence-corrected chi connectivity index (χ3v) is 4.36. The van der Waals surface area contributed by atoms with Gasteiger partial charge in [-0.05, 0) is 44.4 Å². The molecule has 0 radical (unpaired) electrons. The Morgan fingerprint density at radius 3 is 2.70 bits per heavy atom. The molecule has 0 saturated carbocycles. The van der Waals surface area contributed by atoms with E-state index in [2.05, 4.69) is 16.4 Å². The first-order chi connectivity index (χ1) is 12.8. The highest BCUT2D eigenvalue weighted by atomic mass is 16.6. The predicted molar refractivity (Wildman–Crippen MR) is 103 cm³/mol. The van der Waals surface area contributed by atoms with Gasteiger partial charge in [0.25, 0.3) is 5.56 Å². The van der Waals surface area contributed by atoms with Crippen molar-refractivity contribution < 1.29 is 9.53 Å². The van der Waals surface area contributed by atoms with Gasteiger partial charge in [-0.15, -0.1) is 0 Å². The van der Waals surface area contributed by atoms with Crippen LogP contribution in [0.25, 0.3) is 0 Å². The molecule has 1 aliphatic rings. The fourth-order valence-corrected chi connectivity index (χ4v) is 3.02. The first-order valence-corrected chi connectivity index (χ1v) is 9.15. The van der Waals surface area contributed by atoms with Crippen LogP contribution >= 0.6 is 0 Å². The quantitative estimate of drug-likeness (QED) is 0.895. The Bertz CT molecular complexity index is 899. The number of amides is 1. The molecule has 27 heavy (non-hydrogen) atoms. The predicted octanol–water partition coefficient (Wildman–Crippen LogP) is 3.13. The van der Waals surface area contributed by atoms with Crippen molar-refractivity contribution in [3.8, 4) is 0 Å². The summed E-state index contributed by atoms with van der Waals surface area (Å²) in [5.74, 6) is 0.343. The number of anilines is 1. The molecule has 0 saturated heterocycles. The van der Waals surface area contributed by atoms with Gasteiger partial charge in [0, 0.05) is 38.6 Å². The summed E-state index contributed by atoms with van der Waals surface area (Å²) in [6.07, 6.45) is 3.00. The number of carbonyl (C=O) groups excluding carboxylic acids is 1. The molecule has 1 aromatic heterocycles. The van der Waals surface area contributed by atoms with Crippen LogP contribution in [0, 0.1) is 0 Å². The maximum absolute atomic E-state index is 12.3. The minimum Gasteiger partial charge on any atom is -0.444 e. The van der Waals surface area contributed by atoms with Crippen LogP contribution in [-0.2, 0) is 30.9 Å². The van der Waals surface area contributed by atoms with Crippen molar-refractivity contribution in [2.45, 2.75) is 59.5 Å². The van der Waals surface area contributed by atoms with Gasteiger partial charge in [0.05, 0.1) is 0 Å². The lowest BCUT2D eigenvalue weighted by Crippen LogP contribution is -2.33. The van der Waals surface area contributed by atoms with Crippen molar-refractivity contribution in [3.63, 3.8) is 0 Å². The van der Waals surface area contributed by atoms with Crippen LogP contribution in [0.4, 0.5) is 10.6 Å². The molecule has 2 heterocycles. The highest BCUT2D eigenvalue weighted by Crippen LogP contribution is 2.25. The normalized spacial score (nSPS) is 13.4. The molecule has 0 atom stereocenters. The van der Waals surface area contributed by atoms with E-state index in [-0.39, 0.29) is 11.7 Å². The zero-order valence-corrected chi connectivity index (χ0v) is 16.3. The molecule has 0 spiro atoms. The van der Waals surface area contributed by atoms with Crippen molar-refractivity contribution in [1.82, 2.24) is 14.5 Å². The van der Waals surface area contributed by atoms with Crippen LogP contribution in [0.15, 0.2) is 35.4 Å². The number of aromatic nitrogens is 2. The first kappa shape index (κ1) is 18.9. The SMILES string of the molecule is CCn1ccnc(NCc2ccc3c(c2)CN(C(=O)OC(C)(C)C)C3)c1=O. The van der Waals surface area contributed by atoms with Crippen LogP contribution in [0.1, 0.15) is 44.4 Å². The zero-order valence-electron chi connectivity index (χ0n) is 16.3. The van der Waals surface area contributed by atoms with Gasteiger partial charge < -0.3 is 14.6 Å². The van der Waals surface area contributed by atoms with Crippen LogP contribution in [0.2, 0.25) is 0 Å². The van der Waals surface area contributed by atoms with Crippen molar-refractivity contribution in [3.05, 3.63) is 57.6 Å². The average molecular weight is 370 g/mol. The van der Waals surface area contributed by atoms with Crippen LogP contribution in [0.3, 0.4) is 0 Å². The maximum atomic E-state index is 12.3. The lowest BCUT2D eigenvalue weighted by Gasteiger charge is -2.24. The Hall–Kier alpha value is -2.83. The van der Waals surface area contributed by atoms with E-state index in [0.29, 0.717) is 32.0 Å². The molecule has 1 amide bonds.